The van der Waals surface area contributed by atoms with Crippen LogP contribution in [0.15, 0.2) is 334 Å². The lowest BCUT2D eigenvalue weighted by Gasteiger charge is -2.21. The van der Waals surface area contributed by atoms with Gasteiger partial charge in [-0.15, -0.1) is 0 Å². The van der Waals surface area contributed by atoms with Crippen LogP contribution in [0.4, 0.5) is 0 Å². The number of hydrogen-bond acceptors (Lipinski definition) is 5. The van der Waals surface area contributed by atoms with Crippen LogP contribution in [0.2, 0.25) is 0 Å². The Balaban J connectivity index is 0.792. The Bertz CT molecular complexity index is 6450. The highest BCUT2D eigenvalue weighted by atomic mass is 15.0. The summed E-state index contributed by atoms with van der Waals surface area (Å²) in [6.45, 7) is 9.39. The Morgan fingerprint density at radius 3 is 1.12 bits per heavy atom. The number of rotatable bonds is 11. The van der Waals surface area contributed by atoms with Crippen LogP contribution in [-0.4, -0.2) is 34.1 Å². The van der Waals surface area contributed by atoms with Crippen molar-refractivity contribution < 1.29 is 0 Å². The third kappa shape index (κ3) is 9.75. The zero-order valence-electron chi connectivity index (χ0n) is 57.9. The summed E-state index contributed by atoms with van der Waals surface area (Å²) in [4.78, 5) is 27.4. The third-order valence-electron chi connectivity index (χ3n) is 22.0. The van der Waals surface area contributed by atoms with Crippen LogP contribution in [0, 0.1) is 0 Å². The lowest BCUT2D eigenvalue weighted by Crippen LogP contribution is -2.14. The average Bonchev–Trinajstić information content (AvgIpc) is 1.57. The summed E-state index contributed by atoms with van der Waals surface area (Å²) in [5, 5.41) is 4.58. The molecule has 0 saturated heterocycles. The largest absolute Gasteiger partial charge is 0.309 e. The molecule has 0 radical (unpaired) electrons. The molecule has 14 aromatic carbocycles. The summed E-state index contributed by atoms with van der Waals surface area (Å²) in [6, 6.07) is 121. The molecular weight excluding hydrogens is 1260 g/mol. The lowest BCUT2D eigenvalue weighted by atomic mass is 9.82. The molecule has 7 nitrogen and oxygen atoms in total. The van der Waals surface area contributed by atoms with E-state index in [1.54, 1.807) is 0 Å². The molecule has 0 N–H and O–H groups in total. The van der Waals surface area contributed by atoms with E-state index in [0.717, 1.165) is 122 Å². The van der Waals surface area contributed by atoms with Crippen molar-refractivity contribution in [2.24, 2.45) is 0 Å². The van der Waals surface area contributed by atoms with Gasteiger partial charge in [0.1, 0.15) is 0 Å². The lowest BCUT2D eigenvalue weighted by molar-refractivity contribution is 0.660. The van der Waals surface area contributed by atoms with Crippen LogP contribution in [0.5, 0.6) is 0 Å². The molecule has 0 unspecified atom stereocenters. The fourth-order valence-corrected chi connectivity index (χ4v) is 16.9. The Morgan fingerprint density at radius 2 is 0.587 bits per heavy atom. The first-order chi connectivity index (χ1) is 51.1. The molecule has 0 amide bonds. The molecule has 0 saturated carbocycles. The first kappa shape index (κ1) is 60.7. The number of fused-ring (bicyclic) bond motifs is 12. The first-order valence-electron chi connectivity index (χ1n) is 35.8. The maximum absolute atomic E-state index is 5.59. The second-order valence-electron chi connectivity index (χ2n) is 28.7. The van der Waals surface area contributed by atoms with Gasteiger partial charge in [-0.25, -0.2) is 24.9 Å². The van der Waals surface area contributed by atoms with E-state index in [-0.39, 0.29) is 10.8 Å². The molecule has 0 bridgehead atoms. The van der Waals surface area contributed by atoms with Gasteiger partial charge in [0, 0.05) is 77.1 Å². The predicted octanol–water partition coefficient (Wildman–Crippen LogP) is 24.5. The summed E-state index contributed by atoms with van der Waals surface area (Å²) >= 11 is 0. The second-order valence-corrected chi connectivity index (χ2v) is 28.7. The van der Waals surface area contributed by atoms with E-state index < -0.39 is 0 Å². The standard InChI is InChI=1S/C97H67N7/c1-96(2)80-42-23-20-39-72(80)77-53-65(45-48-82(77)96)75-56-69(58-88-90(75)74-41-22-25-44-86(74)103(88)70-35-16-8-17-36-70)95-101-92(62-31-14-7-15-32-62)100-93(102-95)67-34-26-33-63(51-67)64-47-50-87-79(52-64)91-76(66-46-49-83-78(54-66)73-40-21-24-43-81(73)97(83,3)4)55-68(57-89(91)104(87)71-37-18-9-19-38-71)94-98-84(60-27-10-5-11-28-60)59-85(99-94)61-29-12-6-13-30-61/h5-59H,1-4H3. The van der Waals surface area contributed by atoms with Crippen LogP contribution >= 0.6 is 0 Å². The van der Waals surface area contributed by atoms with Gasteiger partial charge in [-0.2, -0.15) is 0 Å². The fraction of sp³-hybridized carbons (Fsp3) is 0.0619. The zero-order chi connectivity index (χ0) is 69.4. The highest BCUT2D eigenvalue weighted by Crippen LogP contribution is 2.53. The smallest absolute Gasteiger partial charge is 0.164 e. The monoisotopic (exact) mass is 1330 g/mol. The normalized spacial score (nSPS) is 13.2. The average molecular weight is 1330 g/mol. The van der Waals surface area contributed by atoms with Crippen molar-refractivity contribution >= 4 is 43.6 Å². The van der Waals surface area contributed by atoms with Crippen molar-refractivity contribution in [1.82, 2.24) is 34.1 Å². The molecule has 4 aromatic heterocycles. The van der Waals surface area contributed by atoms with Gasteiger partial charge in [0.2, 0.25) is 0 Å². The van der Waals surface area contributed by atoms with E-state index in [1.165, 1.54) is 55.3 Å². The molecule has 20 rings (SSSR count). The van der Waals surface area contributed by atoms with Crippen LogP contribution < -0.4 is 0 Å². The molecule has 7 heteroatoms. The summed E-state index contributed by atoms with van der Waals surface area (Å²) in [5.41, 5.74) is 30.4. The Hall–Kier alpha value is -13.2. The van der Waals surface area contributed by atoms with Crippen molar-refractivity contribution in [1.29, 1.82) is 0 Å². The Labute approximate surface area is 603 Å². The van der Waals surface area contributed by atoms with E-state index in [9.17, 15) is 0 Å². The summed E-state index contributed by atoms with van der Waals surface area (Å²) < 4.78 is 4.82. The SMILES string of the molecule is CC1(C)c2ccccc2-c2cc(-c3cc(-c4nc(-c5ccccc5)cc(-c5ccccc5)n4)cc4c3c3cc(-c5cccc(-c6nc(-c7ccccc7)nc(-c7cc(-c8ccc9c(c8)-c8ccccc8C9(C)C)c8c9ccccc9n(-c9ccccc9)c8c7)n6)c5)ccc3n4-c3ccccc3)ccc21. The Morgan fingerprint density at radius 1 is 0.212 bits per heavy atom. The van der Waals surface area contributed by atoms with Crippen LogP contribution in [-0.2, 0) is 10.8 Å². The van der Waals surface area contributed by atoms with Crippen LogP contribution in [0.1, 0.15) is 49.9 Å². The van der Waals surface area contributed by atoms with Crippen molar-refractivity contribution in [3.8, 4) is 135 Å². The van der Waals surface area contributed by atoms with Crippen LogP contribution in [0.3, 0.4) is 0 Å². The van der Waals surface area contributed by atoms with Gasteiger partial charge in [0.05, 0.1) is 33.5 Å². The molecule has 104 heavy (non-hydrogen) atoms. The minimum absolute atomic E-state index is 0.141. The van der Waals surface area contributed by atoms with Gasteiger partial charge in [0.15, 0.2) is 23.3 Å². The molecule has 2 aliphatic rings. The molecule has 0 spiro atoms. The van der Waals surface area contributed by atoms with Gasteiger partial charge in [-0.1, -0.05) is 270 Å². The van der Waals surface area contributed by atoms with Gasteiger partial charge >= 0.3 is 0 Å². The maximum Gasteiger partial charge on any atom is 0.164 e. The van der Waals surface area contributed by atoms with Gasteiger partial charge in [-0.05, 0) is 169 Å². The van der Waals surface area contributed by atoms with Gasteiger partial charge in [-0.3, -0.25) is 0 Å². The quantitative estimate of drug-likeness (QED) is 0.129. The molecule has 0 aliphatic heterocycles. The number of aromatic nitrogens is 7. The van der Waals surface area contributed by atoms with Gasteiger partial charge in [0.25, 0.3) is 0 Å². The number of nitrogens with zero attached hydrogens (tertiary/aromatic N) is 7. The summed E-state index contributed by atoms with van der Waals surface area (Å²) in [7, 11) is 0. The Kier molecular flexibility index (Phi) is 13.8. The predicted molar refractivity (Wildman–Crippen MR) is 428 cm³/mol. The van der Waals surface area contributed by atoms with Crippen molar-refractivity contribution in [3.05, 3.63) is 356 Å². The van der Waals surface area contributed by atoms with E-state index in [2.05, 4.69) is 364 Å². The van der Waals surface area contributed by atoms with E-state index in [1.807, 2.05) is 6.07 Å². The molecule has 4 heterocycles. The number of para-hydroxylation sites is 3. The molecule has 490 valence electrons. The molecule has 2 aliphatic carbocycles. The third-order valence-corrected chi connectivity index (χ3v) is 22.0. The minimum atomic E-state index is -0.169. The van der Waals surface area contributed by atoms with E-state index in [4.69, 9.17) is 24.9 Å². The zero-order valence-corrected chi connectivity index (χ0v) is 57.9. The second kappa shape index (κ2) is 23.7. The van der Waals surface area contributed by atoms with Crippen molar-refractivity contribution in [2.45, 2.75) is 38.5 Å². The summed E-state index contributed by atoms with van der Waals surface area (Å²) in [6.07, 6.45) is 0. The summed E-state index contributed by atoms with van der Waals surface area (Å²) in [5.74, 6) is 2.39. The first-order valence-corrected chi connectivity index (χ1v) is 35.8. The van der Waals surface area contributed by atoms with Crippen molar-refractivity contribution in [2.75, 3.05) is 0 Å². The molecule has 18 aromatic rings. The number of benzene rings is 14. The number of hydrogen-bond donors (Lipinski definition) is 0. The molecular formula is C97H67N7. The fourth-order valence-electron chi connectivity index (χ4n) is 16.9. The van der Waals surface area contributed by atoms with Crippen LogP contribution in [0.25, 0.3) is 179 Å². The molecule has 0 atom stereocenters. The minimum Gasteiger partial charge on any atom is -0.309 e. The van der Waals surface area contributed by atoms with E-state index >= 15 is 0 Å². The maximum atomic E-state index is 5.59. The topological polar surface area (TPSA) is 74.3 Å². The molecule has 0 fully saturated rings. The highest BCUT2D eigenvalue weighted by Gasteiger charge is 2.37. The van der Waals surface area contributed by atoms with E-state index in [0.29, 0.717) is 23.3 Å². The van der Waals surface area contributed by atoms with Gasteiger partial charge < -0.3 is 9.13 Å². The highest BCUT2D eigenvalue weighted by molar-refractivity contribution is 6.19. The van der Waals surface area contributed by atoms with Crippen molar-refractivity contribution in [3.63, 3.8) is 0 Å².